The van der Waals surface area contributed by atoms with Crippen LogP contribution in [0.2, 0.25) is 0 Å². The molecule has 0 N–H and O–H groups in total. The standard InChI is InChI=1S/C21H19N4/c1-14-8-6-12-18-20(14)25(19-13-7-9-15(2)23(19)3)21-22-16-10-4-5-11-17(16)24(18)21/h4-13H,1-3H3/q+1. The molecule has 0 fully saturated rings. The molecule has 4 heteroatoms. The van der Waals surface area contributed by atoms with Crippen LogP contribution in [0, 0.1) is 13.8 Å². The minimum Gasteiger partial charge on any atom is -0.254 e. The number of pyridine rings is 1. The fourth-order valence-electron chi connectivity index (χ4n) is 3.73. The molecular weight excluding hydrogens is 308 g/mol. The van der Waals surface area contributed by atoms with Gasteiger partial charge in [-0.3, -0.25) is 4.40 Å². The lowest BCUT2D eigenvalue weighted by Crippen LogP contribution is -2.37. The number of nitrogens with zero attached hydrogens (tertiary/aromatic N) is 4. The van der Waals surface area contributed by atoms with Crippen LogP contribution in [0.4, 0.5) is 0 Å². The van der Waals surface area contributed by atoms with Crippen LogP contribution >= 0.6 is 0 Å². The average Bonchev–Trinajstić information content (AvgIpc) is 3.13. The van der Waals surface area contributed by atoms with Crippen molar-refractivity contribution in [2.24, 2.45) is 7.05 Å². The maximum Gasteiger partial charge on any atom is 0.312 e. The lowest BCUT2D eigenvalue weighted by atomic mass is 10.2. The van der Waals surface area contributed by atoms with Crippen molar-refractivity contribution in [3.63, 3.8) is 0 Å². The summed E-state index contributed by atoms with van der Waals surface area (Å²) in [4.78, 5) is 4.95. The van der Waals surface area contributed by atoms with Crippen LogP contribution in [0.5, 0.6) is 0 Å². The first-order valence-corrected chi connectivity index (χ1v) is 8.50. The van der Waals surface area contributed by atoms with Gasteiger partial charge in [-0.15, -0.1) is 0 Å². The Morgan fingerprint density at radius 2 is 1.60 bits per heavy atom. The molecule has 0 saturated carbocycles. The average molecular weight is 327 g/mol. The lowest BCUT2D eigenvalue weighted by Gasteiger charge is -2.05. The van der Waals surface area contributed by atoms with E-state index >= 15 is 0 Å². The Morgan fingerprint density at radius 3 is 2.48 bits per heavy atom. The van der Waals surface area contributed by atoms with E-state index < -0.39 is 0 Å². The summed E-state index contributed by atoms with van der Waals surface area (Å²) in [6.45, 7) is 4.29. The number of rotatable bonds is 1. The highest BCUT2D eigenvalue weighted by molar-refractivity contribution is 5.93. The largest absolute Gasteiger partial charge is 0.312 e. The molecule has 3 aromatic heterocycles. The zero-order valence-electron chi connectivity index (χ0n) is 14.6. The number of aromatic nitrogens is 4. The van der Waals surface area contributed by atoms with Crippen molar-refractivity contribution in [1.82, 2.24) is 14.0 Å². The van der Waals surface area contributed by atoms with E-state index in [1.165, 1.54) is 22.3 Å². The van der Waals surface area contributed by atoms with Gasteiger partial charge in [0.05, 0.1) is 23.6 Å². The molecule has 4 nitrogen and oxygen atoms in total. The van der Waals surface area contributed by atoms with Gasteiger partial charge in [0, 0.05) is 6.07 Å². The molecule has 0 aliphatic rings. The molecule has 0 amide bonds. The molecule has 122 valence electrons. The molecule has 0 aliphatic heterocycles. The summed E-state index contributed by atoms with van der Waals surface area (Å²) in [5.74, 6) is 2.07. The van der Waals surface area contributed by atoms with Crippen LogP contribution in [0.3, 0.4) is 0 Å². The van der Waals surface area contributed by atoms with Crippen molar-refractivity contribution in [2.75, 3.05) is 0 Å². The third-order valence-corrected chi connectivity index (χ3v) is 5.11. The molecule has 0 saturated heterocycles. The van der Waals surface area contributed by atoms with Crippen LogP contribution in [0.25, 0.3) is 33.7 Å². The summed E-state index contributed by atoms with van der Waals surface area (Å²) in [6, 6.07) is 21.2. The number of benzene rings is 2. The second-order valence-electron chi connectivity index (χ2n) is 6.60. The summed E-state index contributed by atoms with van der Waals surface area (Å²) in [5.41, 5.74) is 7.00. The van der Waals surface area contributed by atoms with Crippen molar-refractivity contribution >= 4 is 27.8 Å². The number of hydrogen-bond donors (Lipinski definition) is 0. The van der Waals surface area contributed by atoms with Crippen LogP contribution in [-0.4, -0.2) is 14.0 Å². The van der Waals surface area contributed by atoms with Gasteiger partial charge in [0.1, 0.15) is 5.69 Å². The Morgan fingerprint density at radius 1 is 0.840 bits per heavy atom. The third-order valence-electron chi connectivity index (χ3n) is 5.11. The Balaban J connectivity index is 2.08. The van der Waals surface area contributed by atoms with Crippen LogP contribution < -0.4 is 4.57 Å². The zero-order chi connectivity index (χ0) is 17.1. The van der Waals surface area contributed by atoms with Gasteiger partial charge in [-0.25, -0.2) is 4.57 Å². The van der Waals surface area contributed by atoms with Crippen LogP contribution in [0.1, 0.15) is 11.3 Å². The number of para-hydroxylation sites is 3. The van der Waals surface area contributed by atoms with E-state index in [2.05, 4.69) is 89.0 Å². The van der Waals surface area contributed by atoms with Gasteiger partial charge < -0.3 is 0 Å². The number of fused-ring (bicyclic) bond motifs is 5. The summed E-state index contributed by atoms with van der Waals surface area (Å²) in [7, 11) is 2.11. The monoisotopic (exact) mass is 327 g/mol. The maximum absolute atomic E-state index is 4.95. The molecule has 3 heterocycles. The molecule has 2 aromatic carbocycles. The molecule has 0 unspecified atom stereocenters. The quantitative estimate of drug-likeness (QED) is 0.429. The number of aryl methyl sites for hydroxylation is 2. The predicted molar refractivity (Wildman–Crippen MR) is 100 cm³/mol. The Hall–Kier alpha value is -3.14. The molecule has 0 spiro atoms. The predicted octanol–water partition coefficient (Wildman–Crippen LogP) is 3.87. The first-order valence-electron chi connectivity index (χ1n) is 8.50. The van der Waals surface area contributed by atoms with Crippen molar-refractivity contribution in [3.8, 4) is 5.82 Å². The van der Waals surface area contributed by atoms with Gasteiger partial charge in [-0.1, -0.05) is 30.3 Å². The first-order chi connectivity index (χ1) is 12.2. The van der Waals surface area contributed by atoms with E-state index in [4.69, 9.17) is 4.98 Å². The number of hydrogen-bond acceptors (Lipinski definition) is 1. The van der Waals surface area contributed by atoms with E-state index in [1.807, 2.05) is 6.07 Å². The summed E-state index contributed by atoms with van der Waals surface area (Å²) in [5, 5.41) is 0. The van der Waals surface area contributed by atoms with Gasteiger partial charge >= 0.3 is 5.78 Å². The van der Waals surface area contributed by atoms with Gasteiger partial charge in [0.25, 0.3) is 5.82 Å². The van der Waals surface area contributed by atoms with Crippen molar-refractivity contribution < 1.29 is 4.57 Å². The molecule has 25 heavy (non-hydrogen) atoms. The SMILES string of the molecule is Cc1cccc2c1n(-c1cccc(C)[n+]1C)c1nc3ccccc3n21. The molecular formula is C21H19N4+. The van der Waals surface area contributed by atoms with Crippen molar-refractivity contribution in [1.29, 1.82) is 0 Å². The molecule has 5 rings (SSSR count). The minimum atomic E-state index is 0.951. The topological polar surface area (TPSA) is 26.1 Å². The van der Waals surface area contributed by atoms with Crippen molar-refractivity contribution in [3.05, 3.63) is 71.9 Å². The first kappa shape index (κ1) is 14.2. The van der Waals surface area contributed by atoms with Gasteiger partial charge in [0.2, 0.25) is 0 Å². The van der Waals surface area contributed by atoms with Crippen LogP contribution in [-0.2, 0) is 7.05 Å². The maximum atomic E-state index is 4.95. The molecule has 0 aliphatic carbocycles. The Kier molecular flexibility index (Phi) is 2.80. The van der Waals surface area contributed by atoms with Crippen molar-refractivity contribution in [2.45, 2.75) is 13.8 Å². The fourth-order valence-corrected chi connectivity index (χ4v) is 3.73. The fraction of sp³-hybridized carbons (Fsp3) is 0.143. The van der Waals surface area contributed by atoms with E-state index in [1.54, 1.807) is 0 Å². The molecule has 5 aromatic rings. The normalized spacial score (nSPS) is 11.8. The van der Waals surface area contributed by atoms with Gasteiger partial charge in [-0.2, -0.15) is 9.55 Å². The number of imidazole rings is 2. The van der Waals surface area contributed by atoms with E-state index in [0.29, 0.717) is 0 Å². The van der Waals surface area contributed by atoms with Gasteiger partial charge in [0.15, 0.2) is 5.52 Å². The third kappa shape index (κ3) is 1.82. The zero-order valence-corrected chi connectivity index (χ0v) is 14.6. The minimum absolute atomic E-state index is 0.951. The Labute approximate surface area is 145 Å². The lowest BCUT2D eigenvalue weighted by molar-refractivity contribution is -0.671. The Bertz CT molecular complexity index is 1270. The molecule has 0 radical (unpaired) electrons. The summed E-state index contributed by atoms with van der Waals surface area (Å²) in [6.07, 6.45) is 0. The second-order valence-corrected chi connectivity index (χ2v) is 6.60. The summed E-state index contributed by atoms with van der Waals surface area (Å²) >= 11 is 0. The highest BCUT2D eigenvalue weighted by atomic mass is 15.3. The second kappa shape index (κ2) is 4.93. The summed E-state index contributed by atoms with van der Waals surface area (Å²) < 4.78 is 6.75. The van der Waals surface area contributed by atoms with Crippen LogP contribution in [0.15, 0.2) is 60.7 Å². The van der Waals surface area contributed by atoms with E-state index in [-0.39, 0.29) is 0 Å². The molecule has 0 atom stereocenters. The van der Waals surface area contributed by atoms with E-state index in [9.17, 15) is 0 Å². The highest BCUT2D eigenvalue weighted by Gasteiger charge is 2.25. The smallest absolute Gasteiger partial charge is 0.254 e. The van der Waals surface area contributed by atoms with Gasteiger partial charge in [-0.05, 0) is 43.7 Å². The highest BCUT2D eigenvalue weighted by Crippen LogP contribution is 2.29. The van der Waals surface area contributed by atoms with E-state index in [0.717, 1.165) is 22.6 Å². The molecule has 0 bridgehead atoms.